The van der Waals surface area contributed by atoms with Gasteiger partial charge in [-0.15, -0.1) is 10.2 Å². The van der Waals surface area contributed by atoms with Gasteiger partial charge >= 0.3 is 0 Å². The highest BCUT2D eigenvalue weighted by atomic mass is 16.5. The molecule has 0 spiro atoms. The highest BCUT2D eigenvalue weighted by Crippen LogP contribution is 2.28. The largest absolute Gasteiger partial charge is 0.398 e. The first-order chi connectivity index (χ1) is 16.6. The number of H-pyrrole nitrogens is 1. The van der Waals surface area contributed by atoms with Crippen LogP contribution in [0.3, 0.4) is 0 Å². The van der Waals surface area contributed by atoms with E-state index in [2.05, 4.69) is 30.3 Å². The van der Waals surface area contributed by atoms with Crippen molar-refractivity contribution in [2.75, 3.05) is 55.3 Å². The van der Waals surface area contributed by atoms with Crippen LogP contribution in [-0.4, -0.2) is 65.5 Å². The zero-order valence-electron chi connectivity index (χ0n) is 19.5. The lowest BCUT2D eigenvalue weighted by Gasteiger charge is -2.40. The zero-order chi connectivity index (χ0) is 23.5. The molecule has 2 aromatic heterocycles. The van der Waals surface area contributed by atoms with E-state index in [1.54, 1.807) is 6.20 Å². The summed E-state index contributed by atoms with van der Waals surface area (Å²) in [5.74, 6) is 1.39. The van der Waals surface area contributed by atoms with Crippen molar-refractivity contribution in [2.45, 2.75) is 25.8 Å². The minimum absolute atomic E-state index is 0.221. The second-order valence-electron chi connectivity index (χ2n) is 8.92. The number of nitrogens with one attached hydrogen (secondary N) is 2. The number of ether oxygens (including phenoxy) is 1. The maximum absolute atomic E-state index is 12.4. The second-order valence-corrected chi connectivity index (χ2v) is 8.92. The van der Waals surface area contributed by atoms with E-state index < -0.39 is 0 Å². The van der Waals surface area contributed by atoms with Gasteiger partial charge in [0, 0.05) is 49.7 Å². The highest BCUT2D eigenvalue weighted by molar-refractivity contribution is 5.75. The van der Waals surface area contributed by atoms with Gasteiger partial charge in [0.15, 0.2) is 11.6 Å². The third-order valence-electron chi connectivity index (χ3n) is 6.85. The van der Waals surface area contributed by atoms with Gasteiger partial charge in [-0.25, -0.2) is 0 Å². The molecule has 9 heteroatoms. The van der Waals surface area contributed by atoms with Crippen molar-refractivity contribution in [2.24, 2.45) is 0 Å². The molecule has 0 bridgehead atoms. The average Bonchev–Trinajstić information content (AvgIpc) is 2.88. The van der Waals surface area contributed by atoms with Gasteiger partial charge in [0.25, 0.3) is 5.56 Å². The molecule has 4 heterocycles. The summed E-state index contributed by atoms with van der Waals surface area (Å²) in [6, 6.07) is 12.0. The summed E-state index contributed by atoms with van der Waals surface area (Å²) in [6.07, 6.45) is 3.94. The molecule has 3 aromatic rings. The number of nitrogen functional groups attached to an aromatic ring is 1. The number of aromatic amines is 1. The van der Waals surface area contributed by atoms with Crippen LogP contribution in [0.2, 0.25) is 0 Å². The van der Waals surface area contributed by atoms with Crippen molar-refractivity contribution in [3.05, 3.63) is 58.5 Å². The Labute approximate surface area is 198 Å². The number of nitrogens with zero attached hydrogens (tertiary/aromatic N) is 4. The van der Waals surface area contributed by atoms with Crippen molar-refractivity contribution in [1.29, 1.82) is 0 Å². The Balaban J connectivity index is 1.25. The molecule has 0 unspecified atom stereocenters. The van der Waals surface area contributed by atoms with Gasteiger partial charge in [0.05, 0.1) is 13.2 Å². The number of aromatic nitrogens is 3. The smallest absolute Gasteiger partial charge is 0.271 e. The molecule has 0 saturated carbocycles. The molecule has 0 radical (unpaired) electrons. The normalized spacial score (nSPS) is 17.6. The molecule has 9 nitrogen and oxygen atoms in total. The topological polar surface area (TPSA) is 112 Å². The first-order valence-corrected chi connectivity index (χ1v) is 11.8. The summed E-state index contributed by atoms with van der Waals surface area (Å²) in [4.78, 5) is 20.1. The van der Waals surface area contributed by atoms with Crippen LogP contribution in [0.1, 0.15) is 18.4 Å². The molecule has 2 aliphatic heterocycles. The van der Waals surface area contributed by atoms with E-state index >= 15 is 0 Å². The molecule has 1 aromatic carbocycles. The first kappa shape index (κ1) is 22.4. The predicted molar refractivity (Wildman–Crippen MR) is 135 cm³/mol. The Hall–Kier alpha value is -3.43. The lowest BCUT2D eigenvalue weighted by atomic mass is 10.0. The minimum Gasteiger partial charge on any atom is -0.398 e. The molecule has 5 rings (SSSR count). The third-order valence-corrected chi connectivity index (χ3v) is 6.85. The maximum Gasteiger partial charge on any atom is 0.271 e. The van der Waals surface area contributed by atoms with Crippen molar-refractivity contribution in [1.82, 2.24) is 20.1 Å². The van der Waals surface area contributed by atoms with Gasteiger partial charge in [0.2, 0.25) is 0 Å². The standard InChI is InChI=1S/C25H31N7O2/c1-17-20(3-2-4-21(17)26)18-15-22(25(33)27-16-18)28-23-5-6-24(30-29-23)32-9-7-19(8-10-32)31-11-13-34-14-12-31/h2-6,15-16,19H,7-14,26H2,1H3,(H,27,33)(H,28,29). The van der Waals surface area contributed by atoms with Crippen LogP contribution >= 0.6 is 0 Å². The first-order valence-electron chi connectivity index (χ1n) is 11.8. The zero-order valence-corrected chi connectivity index (χ0v) is 19.5. The van der Waals surface area contributed by atoms with Gasteiger partial charge in [-0.05, 0) is 55.2 Å². The summed E-state index contributed by atoms with van der Waals surface area (Å²) < 4.78 is 5.48. The monoisotopic (exact) mass is 461 g/mol. The summed E-state index contributed by atoms with van der Waals surface area (Å²) in [5, 5.41) is 11.9. The number of rotatable bonds is 5. The fourth-order valence-electron chi connectivity index (χ4n) is 4.80. The van der Waals surface area contributed by atoms with Crippen LogP contribution in [0.5, 0.6) is 0 Å². The third kappa shape index (κ3) is 4.76. The summed E-state index contributed by atoms with van der Waals surface area (Å²) in [7, 11) is 0. The number of pyridine rings is 1. The Morgan fingerprint density at radius 3 is 2.62 bits per heavy atom. The number of nitrogens with two attached hydrogens (primary N) is 1. The van der Waals surface area contributed by atoms with Crippen LogP contribution in [0, 0.1) is 6.92 Å². The minimum atomic E-state index is -0.221. The van der Waals surface area contributed by atoms with E-state index in [9.17, 15) is 4.79 Å². The molecule has 178 valence electrons. The van der Waals surface area contributed by atoms with Crippen LogP contribution in [0.25, 0.3) is 11.1 Å². The molecule has 2 saturated heterocycles. The molecule has 0 amide bonds. The van der Waals surface area contributed by atoms with Crippen LogP contribution < -0.4 is 21.5 Å². The fraction of sp³-hybridized carbons (Fsp3) is 0.400. The average molecular weight is 462 g/mol. The lowest BCUT2D eigenvalue weighted by molar-refractivity contribution is 0.0114. The summed E-state index contributed by atoms with van der Waals surface area (Å²) in [5.41, 5.74) is 9.78. The van der Waals surface area contributed by atoms with E-state index in [0.717, 1.165) is 74.7 Å². The number of morpholine rings is 1. The molecule has 4 N–H and O–H groups in total. The van der Waals surface area contributed by atoms with Crippen LogP contribution in [-0.2, 0) is 4.74 Å². The second kappa shape index (κ2) is 9.82. The van der Waals surface area contributed by atoms with Crippen LogP contribution in [0.4, 0.5) is 23.0 Å². The van der Waals surface area contributed by atoms with E-state index in [-0.39, 0.29) is 5.56 Å². The fourth-order valence-corrected chi connectivity index (χ4v) is 4.80. The predicted octanol–water partition coefficient (Wildman–Crippen LogP) is 2.77. The summed E-state index contributed by atoms with van der Waals surface area (Å²) in [6.45, 7) is 7.63. The number of anilines is 4. The van der Waals surface area contributed by atoms with E-state index in [0.29, 0.717) is 23.2 Å². The van der Waals surface area contributed by atoms with Gasteiger partial charge in [0.1, 0.15) is 5.69 Å². The SMILES string of the molecule is Cc1c(N)cccc1-c1c[nH]c(=O)c(Nc2ccc(N3CCC(N4CCOCC4)CC3)nn2)c1. The number of hydrogen-bond acceptors (Lipinski definition) is 8. The molecule has 0 atom stereocenters. The van der Waals surface area contributed by atoms with E-state index in [4.69, 9.17) is 10.5 Å². The van der Waals surface area contributed by atoms with Gasteiger partial charge in [-0.1, -0.05) is 12.1 Å². The number of piperidine rings is 1. The van der Waals surface area contributed by atoms with Gasteiger partial charge in [-0.2, -0.15) is 0 Å². The molecule has 34 heavy (non-hydrogen) atoms. The lowest BCUT2D eigenvalue weighted by Crippen LogP contribution is -2.49. The van der Waals surface area contributed by atoms with E-state index in [1.807, 2.05) is 43.3 Å². The Kier molecular flexibility index (Phi) is 6.46. The molecule has 0 aliphatic carbocycles. The molecular weight excluding hydrogens is 430 g/mol. The number of benzene rings is 1. The van der Waals surface area contributed by atoms with Gasteiger partial charge in [-0.3, -0.25) is 9.69 Å². The molecular formula is C25H31N7O2. The van der Waals surface area contributed by atoms with Crippen molar-refractivity contribution in [3.8, 4) is 11.1 Å². The van der Waals surface area contributed by atoms with Gasteiger partial charge < -0.3 is 25.7 Å². The Morgan fingerprint density at radius 1 is 1.09 bits per heavy atom. The maximum atomic E-state index is 12.4. The molecule has 2 aliphatic rings. The highest BCUT2D eigenvalue weighted by Gasteiger charge is 2.26. The van der Waals surface area contributed by atoms with Crippen molar-refractivity contribution < 1.29 is 4.74 Å². The van der Waals surface area contributed by atoms with E-state index in [1.165, 1.54) is 0 Å². The molecule has 2 fully saturated rings. The quantitative estimate of drug-likeness (QED) is 0.497. The van der Waals surface area contributed by atoms with Crippen molar-refractivity contribution in [3.63, 3.8) is 0 Å². The number of hydrogen-bond donors (Lipinski definition) is 3. The Bertz CT molecular complexity index is 1180. The van der Waals surface area contributed by atoms with Crippen molar-refractivity contribution >= 4 is 23.0 Å². The summed E-state index contributed by atoms with van der Waals surface area (Å²) >= 11 is 0. The van der Waals surface area contributed by atoms with Crippen LogP contribution in [0.15, 0.2) is 47.4 Å². The Morgan fingerprint density at radius 2 is 1.88 bits per heavy atom.